The molecule has 1 amide bonds. The molecule has 1 saturated carbocycles. The maximum absolute atomic E-state index is 13.0. The molecule has 0 spiro atoms. The largest absolute Gasteiger partial charge is 0.396 e. The topological polar surface area (TPSA) is 40.5 Å². The van der Waals surface area contributed by atoms with Crippen LogP contribution in [0.1, 0.15) is 0 Å². The van der Waals surface area contributed by atoms with Gasteiger partial charge in [0.25, 0.3) is 0 Å². The molecule has 1 aromatic rings. The summed E-state index contributed by atoms with van der Waals surface area (Å²) < 4.78 is 13.0. The number of aliphatic hydroxyl groups excluding tert-OH is 1. The molecule has 3 nitrogen and oxygen atoms in total. The molecule has 1 aromatic carbocycles. The zero-order chi connectivity index (χ0) is 11.3. The number of hydrogen-bond acceptors (Lipinski definition) is 2. The minimum absolute atomic E-state index is 0.0228. The van der Waals surface area contributed by atoms with Crippen LogP contribution in [0.3, 0.4) is 0 Å². The van der Waals surface area contributed by atoms with Crippen molar-refractivity contribution in [1.82, 2.24) is 0 Å². The number of carbonyl (C=O) groups is 1. The lowest BCUT2D eigenvalue weighted by Crippen LogP contribution is -2.30. The molecule has 0 bridgehead atoms. The van der Waals surface area contributed by atoms with Gasteiger partial charge >= 0.3 is 0 Å². The molecule has 2 fully saturated rings. The number of benzene rings is 1. The number of hydrogen-bond donors (Lipinski definition) is 1. The van der Waals surface area contributed by atoms with Crippen LogP contribution in [-0.2, 0) is 4.79 Å². The van der Waals surface area contributed by atoms with Crippen LogP contribution in [-0.4, -0.2) is 24.2 Å². The molecule has 3 rings (SSSR count). The molecular formula is C12H12FNO2. The molecular weight excluding hydrogens is 209 g/mol. The Morgan fingerprint density at radius 1 is 1.50 bits per heavy atom. The molecule has 3 atom stereocenters. The molecule has 2 aliphatic rings. The van der Waals surface area contributed by atoms with E-state index >= 15 is 0 Å². The van der Waals surface area contributed by atoms with Crippen molar-refractivity contribution in [1.29, 1.82) is 0 Å². The van der Waals surface area contributed by atoms with Crippen LogP contribution in [0.5, 0.6) is 0 Å². The fourth-order valence-corrected chi connectivity index (χ4v) is 2.67. The van der Waals surface area contributed by atoms with Gasteiger partial charge in [-0.1, -0.05) is 6.07 Å². The van der Waals surface area contributed by atoms with E-state index in [1.807, 2.05) is 0 Å². The number of nitrogens with zero attached hydrogens (tertiary/aromatic N) is 1. The van der Waals surface area contributed by atoms with Crippen LogP contribution in [0.4, 0.5) is 10.1 Å². The van der Waals surface area contributed by atoms with Gasteiger partial charge in [0.15, 0.2) is 0 Å². The number of anilines is 1. The predicted molar refractivity (Wildman–Crippen MR) is 56.3 cm³/mol. The van der Waals surface area contributed by atoms with E-state index < -0.39 is 0 Å². The molecule has 84 valence electrons. The third-order valence-corrected chi connectivity index (χ3v) is 3.61. The lowest BCUT2D eigenvalue weighted by molar-refractivity contribution is -0.119. The average Bonchev–Trinajstić information content (AvgIpc) is 2.88. The second-order valence-corrected chi connectivity index (χ2v) is 4.46. The quantitative estimate of drug-likeness (QED) is 0.810. The monoisotopic (exact) mass is 221 g/mol. The number of fused-ring (bicyclic) bond motifs is 1. The molecule has 0 aromatic heterocycles. The van der Waals surface area contributed by atoms with Crippen molar-refractivity contribution in [2.45, 2.75) is 0 Å². The Kier molecular flexibility index (Phi) is 2.01. The van der Waals surface area contributed by atoms with Gasteiger partial charge in [0.2, 0.25) is 5.91 Å². The molecule has 1 aliphatic heterocycles. The van der Waals surface area contributed by atoms with E-state index in [9.17, 15) is 9.18 Å². The number of rotatable bonds is 2. The van der Waals surface area contributed by atoms with Crippen molar-refractivity contribution in [2.24, 2.45) is 17.8 Å². The zero-order valence-corrected chi connectivity index (χ0v) is 8.64. The number of carbonyl (C=O) groups excluding carboxylic acids is 1. The summed E-state index contributed by atoms with van der Waals surface area (Å²) in [5, 5.41) is 9.00. The first-order chi connectivity index (χ1) is 7.72. The number of amides is 1. The Balaban J connectivity index is 1.82. The van der Waals surface area contributed by atoms with Crippen LogP contribution in [0.15, 0.2) is 24.3 Å². The SMILES string of the molecule is O=C1C2C(CO)C2CN1c1cccc(F)c1. The lowest BCUT2D eigenvalue weighted by Gasteiger charge is -2.19. The summed E-state index contributed by atoms with van der Waals surface area (Å²) in [6.07, 6.45) is 0. The molecule has 16 heavy (non-hydrogen) atoms. The van der Waals surface area contributed by atoms with E-state index in [0.717, 1.165) is 0 Å². The van der Waals surface area contributed by atoms with E-state index in [1.54, 1.807) is 17.0 Å². The Bertz CT molecular complexity index is 448. The van der Waals surface area contributed by atoms with Crippen molar-refractivity contribution in [2.75, 3.05) is 18.1 Å². The fraction of sp³-hybridized carbons (Fsp3) is 0.417. The van der Waals surface area contributed by atoms with Gasteiger partial charge in [-0.15, -0.1) is 0 Å². The highest BCUT2D eigenvalue weighted by atomic mass is 19.1. The summed E-state index contributed by atoms with van der Waals surface area (Å²) >= 11 is 0. The van der Waals surface area contributed by atoms with Gasteiger partial charge in [-0.25, -0.2) is 4.39 Å². The van der Waals surface area contributed by atoms with Crippen LogP contribution in [0.2, 0.25) is 0 Å². The normalized spacial score (nSPS) is 31.8. The summed E-state index contributed by atoms with van der Waals surface area (Å²) in [5.74, 6) is 0.0607. The smallest absolute Gasteiger partial charge is 0.230 e. The Labute approximate surface area is 92.5 Å². The van der Waals surface area contributed by atoms with Gasteiger partial charge in [-0.2, -0.15) is 0 Å². The summed E-state index contributed by atoms with van der Waals surface area (Å²) in [6, 6.07) is 6.07. The van der Waals surface area contributed by atoms with Gasteiger partial charge < -0.3 is 10.0 Å². The summed E-state index contributed by atoms with van der Waals surface area (Å²) in [7, 11) is 0. The van der Waals surface area contributed by atoms with E-state index in [0.29, 0.717) is 12.2 Å². The first-order valence-corrected chi connectivity index (χ1v) is 5.40. The van der Waals surface area contributed by atoms with Gasteiger partial charge in [-0.3, -0.25) is 4.79 Å². The number of piperidine rings is 1. The minimum Gasteiger partial charge on any atom is -0.396 e. The first kappa shape index (κ1) is 9.78. The molecule has 1 saturated heterocycles. The summed E-state index contributed by atoms with van der Waals surface area (Å²) in [5.41, 5.74) is 0.619. The third kappa shape index (κ3) is 1.26. The highest BCUT2D eigenvalue weighted by molar-refractivity contribution is 6.00. The van der Waals surface area contributed by atoms with Gasteiger partial charge in [0.1, 0.15) is 5.82 Å². The standard InChI is InChI=1S/C12H12FNO2/c13-7-2-1-3-8(4-7)14-5-9-10(6-15)11(9)12(14)16/h1-4,9-11,15H,5-6H2. The molecule has 4 heteroatoms. The zero-order valence-electron chi connectivity index (χ0n) is 8.64. The van der Waals surface area contributed by atoms with Crippen molar-refractivity contribution in [3.8, 4) is 0 Å². The minimum atomic E-state index is -0.329. The van der Waals surface area contributed by atoms with E-state index in [2.05, 4.69) is 0 Å². The van der Waals surface area contributed by atoms with Gasteiger partial charge in [0, 0.05) is 24.8 Å². The number of halogens is 1. The van der Waals surface area contributed by atoms with Crippen molar-refractivity contribution in [3.05, 3.63) is 30.1 Å². The fourth-order valence-electron chi connectivity index (χ4n) is 2.67. The van der Waals surface area contributed by atoms with E-state index in [4.69, 9.17) is 5.11 Å². The maximum atomic E-state index is 13.0. The molecule has 0 radical (unpaired) electrons. The van der Waals surface area contributed by atoms with Crippen LogP contribution >= 0.6 is 0 Å². The highest BCUT2D eigenvalue weighted by Gasteiger charge is 2.61. The number of aliphatic hydroxyl groups is 1. The molecule has 3 unspecified atom stereocenters. The van der Waals surface area contributed by atoms with E-state index in [-0.39, 0.29) is 36.1 Å². The Hall–Kier alpha value is -1.42. The molecule has 1 N–H and O–H groups in total. The second kappa shape index (κ2) is 3.28. The average molecular weight is 221 g/mol. The maximum Gasteiger partial charge on any atom is 0.230 e. The van der Waals surface area contributed by atoms with Crippen molar-refractivity contribution < 1.29 is 14.3 Å². The summed E-state index contributed by atoms with van der Waals surface area (Å²) in [6.45, 7) is 0.691. The molecule has 1 heterocycles. The van der Waals surface area contributed by atoms with Crippen LogP contribution in [0, 0.1) is 23.6 Å². The first-order valence-electron chi connectivity index (χ1n) is 5.40. The summed E-state index contributed by atoms with van der Waals surface area (Å²) in [4.78, 5) is 13.5. The Morgan fingerprint density at radius 3 is 2.88 bits per heavy atom. The predicted octanol–water partition coefficient (Wildman–Crippen LogP) is 1.03. The van der Waals surface area contributed by atoms with Gasteiger partial charge in [-0.05, 0) is 30.0 Å². The van der Waals surface area contributed by atoms with Crippen molar-refractivity contribution >= 4 is 11.6 Å². The van der Waals surface area contributed by atoms with Crippen LogP contribution < -0.4 is 4.90 Å². The lowest BCUT2D eigenvalue weighted by atomic mass is 10.2. The molecule has 1 aliphatic carbocycles. The second-order valence-electron chi connectivity index (χ2n) is 4.46. The Morgan fingerprint density at radius 2 is 2.31 bits per heavy atom. The van der Waals surface area contributed by atoms with Crippen LogP contribution in [0.25, 0.3) is 0 Å². The third-order valence-electron chi connectivity index (χ3n) is 3.61. The van der Waals surface area contributed by atoms with Gasteiger partial charge in [0.05, 0.1) is 0 Å². The van der Waals surface area contributed by atoms with E-state index in [1.165, 1.54) is 12.1 Å². The van der Waals surface area contributed by atoms with Crippen molar-refractivity contribution in [3.63, 3.8) is 0 Å². The highest BCUT2D eigenvalue weighted by Crippen LogP contribution is 2.52.